The minimum Gasteiger partial charge on any atom is -0.497 e. The van der Waals surface area contributed by atoms with Gasteiger partial charge in [-0.3, -0.25) is 0 Å². The van der Waals surface area contributed by atoms with Crippen molar-refractivity contribution in [1.82, 2.24) is 0 Å². The van der Waals surface area contributed by atoms with Crippen LogP contribution in [0.1, 0.15) is 5.56 Å². The average molecular weight is 346 g/mol. The molecule has 0 amide bonds. The lowest BCUT2D eigenvalue weighted by molar-refractivity contribution is 0.414. The molecule has 1 N–H and O–H groups in total. The highest BCUT2D eigenvalue weighted by molar-refractivity contribution is 6.32. The van der Waals surface area contributed by atoms with Crippen molar-refractivity contribution in [1.29, 1.82) is 0 Å². The summed E-state index contributed by atoms with van der Waals surface area (Å²) in [6.07, 6.45) is 0. The van der Waals surface area contributed by atoms with E-state index < -0.39 is 5.63 Å². The molecular weight excluding hydrogens is 330 g/mol. The molecule has 3 rings (SSSR count). The van der Waals surface area contributed by atoms with E-state index in [0.29, 0.717) is 28.6 Å². The van der Waals surface area contributed by atoms with Crippen LogP contribution in [-0.4, -0.2) is 14.2 Å². The fourth-order valence-corrected chi connectivity index (χ4v) is 2.71. The predicted octanol–water partition coefficient (Wildman–Crippen LogP) is 4.08. The van der Waals surface area contributed by atoms with Gasteiger partial charge in [-0.25, -0.2) is 4.79 Å². The summed E-state index contributed by atoms with van der Waals surface area (Å²) in [6, 6.07) is 12.3. The Morgan fingerprint density at radius 3 is 2.62 bits per heavy atom. The monoisotopic (exact) mass is 345 g/mol. The number of halogens is 1. The van der Waals surface area contributed by atoms with Crippen LogP contribution in [0.4, 0.5) is 5.69 Å². The second-order valence-corrected chi connectivity index (χ2v) is 5.56. The summed E-state index contributed by atoms with van der Waals surface area (Å²) in [5.41, 5.74) is 1.75. The molecule has 0 unspecified atom stereocenters. The van der Waals surface area contributed by atoms with Gasteiger partial charge in [0.05, 0.1) is 19.2 Å². The van der Waals surface area contributed by atoms with Crippen LogP contribution in [0.15, 0.2) is 51.7 Å². The third-order valence-corrected chi connectivity index (χ3v) is 3.97. The second kappa shape index (κ2) is 6.84. The van der Waals surface area contributed by atoms with Crippen LogP contribution < -0.4 is 20.4 Å². The zero-order chi connectivity index (χ0) is 17.1. The van der Waals surface area contributed by atoms with Gasteiger partial charge in [-0.2, -0.15) is 0 Å². The zero-order valence-corrected chi connectivity index (χ0v) is 14.0. The van der Waals surface area contributed by atoms with Crippen molar-refractivity contribution in [2.24, 2.45) is 0 Å². The van der Waals surface area contributed by atoms with Gasteiger partial charge in [0, 0.05) is 29.8 Å². The van der Waals surface area contributed by atoms with E-state index in [0.717, 1.165) is 16.6 Å². The van der Waals surface area contributed by atoms with Gasteiger partial charge in [0.1, 0.15) is 17.1 Å². The average Bonchev–Trinajstić information content (AvgIpc) is 2.59. The number of hydrogen-bond acceptors (Lipinski definition) is 5. The van der Waals surface area contributed by atoms with Gasteiger partial charge in [0.25, 0.3) is 0 Å². The highest BCUT2D eigenvalue weighted by Crippen LogP contribution is 2.28. The normalized spacial score (nSPS) is 10.6. The molecule has 5 nitrogen and oxygen atoms in total. The molecule has 0 saturated carbocycles. The summed E-state index contributed by atoms with van der Waals surface area (Å²) in [7, 11) is 3.13. The molecule has 0 aliphatic carbocycles. The molecule has 0 aliphatic rings. The molecule has 0 radical (unpaired) electrons. The fourth-order valence-electron chi connectivity index (χ4n) is 2.46. The highest BCUT2D eigenvalue weighted by atomic mass is 35.5. The third kappa shape index (κ3) is 3.31. The molecule has 2 aromatic carbocycles. The van der Waals surface area contributed by atoms with E-state index in [1.54, 1.807) is 32.4 Å². The molecule has 0 aliphatic heterocycles. The first kappa shape index (κ1) is 16.2. The lowest BCUT2D eigenvalue weighted by atomic mass is 10.1. The zero-order valence-electron chi connectivity index (χ0n) is 13.3. The van der Waals surface area contributed by atoms with E-state index in [1.807, 2.05) is 18.2 Å². The molecule has 0 bridgehead atoms. The summed E-state index contributed by atoms with van der Waals surface area (Å²) in [6.45, 7) is 0.455. The molecule has 3 aromatic rings. The summed E-state index contributed by atoms with van der Waals surface area (Å²) in [5, 5.41) is 4.62. The Hall–Kier alpha value is -2.66. The van der Waals surface area contributed by atoms with E-state index in [2.05, 4.69) is 5.32 Å². The highest BCUT2D eigenvalue weighted by Gasteiger charge is 2.08. The number of methoxy groups -OCH3 is 2. The van der Waals surface area contributed by atoms with E-state index in [1.165, 1.54) is 6.07 Å². The maximum absolute atomic E-state index is 11.8. The Kier molecular flexibility index (Phi) is 4.62. The molecule has 24 heavy (non-hydrogen) atoms. The largest absolute Gasteiger partial charge is 0.497 e. The standard InChI is InChI=1S/C18H16ClNO4/c1-22-13-4-5-14-11(7-18(21)24-17(14)9-13)10-20-12-3-6-16(23-2)15(19)8-12/h3-9,20H,10H2,1-2H3. The Balaban J connectivity index is 1.89. The topological polar surface area (TPSA) is 60.7 Å². The van der Waals surface area contributed by atoms with E-state index in [9.17, 15) is 4.79 Å². The van der Waals surface area contributed by atoms with Crippen molar-refractivity contribution < 1.29 is 13.9 Å². The van der Waals surface area contributed by atoms with E-state index >= 15 is 0 Å². The summed E-state index contributed by atoms with van der Waals surface area (Å²) in [4.78, 5) is 11.8. The Labute approximate surface area is 143 Å². The molecule has 124 valence electrons. The molecule has 0 saturated heterocycles. The van der Waals surface area contributed by atoms with Gasteiger partial charge in [-0.05, 0) is 35.9 Å². The molecule has 1 aromatic heterocycles. The number of ether oxygens (including phenoxy) is 2. The van der Waals surface area contributed by atoms with Crippen LogP contribution in [0.2, 0.25) is 5.02 Å². The first-order valence-corrected chi connectivity index (χ1v) is 7.66. The summed E-state index contributed by atoms with van der Waals surface area (Å²) in [5.74, 6) is 1.25. The number of nitrogens with one attached hydrogen (secondary N) is 1. The second-order valence-electron chi connectivity index (χ2n) is 5.16. The van der Waals surface area contributed by atoms with Crippen LogP contribution in [0.5, 0.6) is 11.5 Å². The number of hydrogen-bond donors (Lipinski definition) is 1. The van der Waals surface area contributed by atoms with Gasteiger partial charge in [-0.15, -0.1) is 0 Å². The van der Waals surface area contributed by atoms with E-state index in [-0.39, 0.29) is 0 Å². The van der Waals surface area contributed by atoms with E-state index in [4.69, 9.17) is 25.5 Å². The first-order chi connectivity index (χ1) is 11.6. The lowest BCUT2D eigenvalue weighted by Crippen LogP contribution is -2.06. The minimum absolute atomic E-state index is 0.402. The van der Waals surface area contributed by atoms with Gasteiger partial charge >= 0.3 is 5.63 Å². The maximum Gasteiger partial charge on any atom is 0.336 e. The molecule has 0 fully saturated rings. The quantitative estimate of drug-likeness (QED) is 0.706. The van der Waals surface area contributed by atoms with Crippen molar-refractivity contribution >= 4 is 28.3 Å². The van der Waals surface area contributed by atoms with Crippen LogP contribution >= 0.6 is 11.6 Å². The van der Waals surface area contributed by atoms with Gasteiger partial charge in [0.15, 0.2) is 0 Å². The molecular formula is C18H16ClNO4. The van der Waals surface area contributed by atoms with Crippen LogP contribution in [0.3, 0.4) is 0 Å². The molecule has 0 atom stereocenters. The Morgan fingerprint density at radius 2 is 1.92 bits per heavy atom. The smallest absolute Gasteiger partial charge is 0.336 e. The van der Waals surface area contributed by atoms with Crippen molar-refractivity contribution in [2.45, 2.75) is 6.54 Å². The lowest BCUT2D eigenvalue weighted by Gasteiger charge is -2.11. The number of benzene rings is 2. The molecule has 1 heterocycles. The van der Waals surface area contributed by atoms with Crippen molar-refractivity contribution in [3.8, 4) is 11.5 Å². The predicted molar refractivity (Wildman–Crippen MR) is 94.4 cm³/mol. The Bertz CT molecular complexity index is 936. The van der Waals surface area contributed by atoms with Gasteiger partial charge < -0.3 is 19.2 Å². The number of fused-ring (bicyclic) bond motifs is 1. The van der Waals surface area contributed by atoms with Gasteiger partial charge in [0.2, 0.25) is 0 Å². The molecule has 6 heteroatoms. The number of anilines is 1. The Morgan fingerprint density at radius 1 is 1.08 bits per heavy atom. The fraction of sp³-hybridized carbons (Fsp3) is 0.167. The summed E-state index contributed by atoms with van der Waals surface area (Å²) < 4.78 is 15.5. The van der Waals surface area contributed by atoms with Crippen molar-refractivity contribution in [3.63, 3.8) is 0 Å². The van der Waals surface area contributed by atoms with Gasteiger partial charge in [-0.1, -0.05) is 11.6 Å². The summed E-state index contributed by atoms with van der Waals surface area (Å²) >= 11 is 6.12. The minimum atomic E-state index is -0.402. The maximum atomic E-state index is 11.8. The van der Waals surface area contributed by atoms with Crippen LogP contribution in [-0.2, 0) is 6.54 Å². The van der Waals surface area contributed by atoms with Crippen LogP contribution in [0.25, 0.3) is 11.0 Å². The SMILES string of the molecule is COc1ccc2c(CNc3ccc(OC)c(Cl)c3)cc(=O)oc2c1. The third-order valence-electron chi connectivity index (χ3n) is 3.67. The first-order valence-electron chi connectivity index (χ1n) is 7.29. The van der Waals surface area contributed by atoms with Crippen LogP contribution in [0, 0.1) is 0 Å². The van der Waals surface area contributed by atoms with Crippen molar-refractivity contribution in [3.05, 3.63) is 63.5 Å². The molecule has 0 spiro atoms. The number of rotatable bonds is 5. The van der Waals surface area contributed by atoms with Crippen molar-refractivity contribution in [2.75, 3.05) is 19.5 Å².